The Hall–Kier alpha value is -0.960. The van der Waals surface area contributed by atoms with Crippen LogP contribution in [0.2, 0.25) is 0 Å². The molecule has 0 aromatic carbocycles. The minimum absolute atomic E-state index is 1.02. The highest BCUT2D eigenvalue weighted by Gasteiger charge is 2.01. The highest BCUT2D eigenvalue weighted by molar-refractivity contribution is 7.07. The summed E-state index contributed by atoms with van der Waals surface area (Å²) in [5, 5.41) is 0. The first-order valence-electron chi connectivity index (χ1n) is 3.46. The largest absolute Gasteiger partial charge is 0.253 e. The number of pyridine rings is 1. The number of rotatable bonds is 0. The summed E-state index contributed by atoms with van der Waals surface area (Å²) >= 11 is 1.51. The van der Waals surface area contributed by atoms with E-state index in [9.17, 15) is 0 Å². The lowest BCUT2D eigenvalue weighted by molar-refractivity contribution is 1.32. The van der Waals surface area contributed by atoms with E-state index in [1.165, 1.54) is 22.0 Å². The second-order valence-corrected chi connectivity index (χ2v) is 3.60. The molecule has 2 aromatic heterocycles. The third-order valence-corrected chi connectivity index (χ3v) is 2.37. The zero-order valence-corrected chi connectivity index (χ0v) is 7.27. The van der Waals surface area contributed by atoms with Crippen molar-refractivity contribution in [3.05, 3.63) is 22.7 Å². The summed E-state index contributed by atoms with van der Waals surface area (Å²) in [6.07, 6.45) is 1.88. The number of aryl methyl sites for hydroxylation is 2. The number of nitrogens with zero attached hydrogens (tertiary/aromatic N) is 2. The average Bonchev–Trinajstić information content (AvgIpc) is 2.32. The van der Waals surface area contributed by atoms with E-state index < -0.39 is 0 Å². The first kappa shape index (κ1) is 6.73. The quantitative estimate of drug-likeness (QED) is 0.597. The fraction of sp³-hybridized carbons (Fsp3) is 0.250. The molecule has 0 spiro atoms. The summed E-state index contributed by atoms with van der Waals surface area (Å²) < 4.78 is 4.26. The van der Waals surface area contributed by atoms with Crippen LogP contribution in [-0.4, -0.2) is 9.36 Å². The highest BCUT2D eigenvalue weighted by Crippen LogP contribution is 2.18. The predicted molar refractivity (Wildman–Crippen MR) is 46.9 cm³/mol. The molecule has 0 atom stereocenters. The fourth-order valence-corrected chi connectivity index (χ4v) is 1.67. The zero-order valence-electron chi connectivity index (χ0n) is 6.46. The fourth-order valence-electron chi connectivity index (χ4n) is 1.06. The summed E-state index contributed by atoms with van der Waals surface area (Å²) in [5.41, 5.74) is 3.23. The van der Waals surface area contributed by atoms with Crippen molar-refractivity contribution in [2.45, 2.75) is 13.8 Å². The average molecular weight is 164 g/mol. The second-order valence-electron chi connectivity index (χ2n) is 2.62. The lowest BCUT2D eigenvalue weighted by Crippen LogP contribution is -1.78. The molecule has 2 nitrogen and oxygen atoms in total. The third kappa shape index (κ3) is 1.01. The molecule has 3 heteroatoms. The van der Waals surface area contributed by atoms with Crippen LogP contribution in [0.1, 0.15) is 10.4 Å². The van der Waals surface area contributed by atoms with Gasteiger partial charge in [-0.1, -0.05) is 0 Å². The van der Waals surface area contributed by atoms with Gasteiger partial charge in [-0.2, -0.15) is 4.37 Å². The van der Waals surface area contributed by atoms with Gasteiger partial charge >= 0.3 is 0 Å². The van der Waals surface area contributed by atoms with Crippen LogP contribution in [0.4, 0.5) is 0 Å². The zero-order chi connectivity index (χ0) is 7.84. The normalized spacial score (nSPS) is 10.7. The van der Waals surface area contributed by atoms with Crippen molar-refractivity contribution in [3.63, 3.8) is 0 Å². The molecule has 11 heavy (non-hydrogen) atoms. The van der Waals surface area contributed by atoms with E-state index in [0.29, 0.717) is 0 Å². The maximum absolute atomic E-state index is 4.29. The van der Waals surface area contributed by atoms with Crippen molar-refractivity contribution in [1.82, 2.24) is 9.36 Å². The standard InChI is InChI=1S/C8H8N2S/c1-5-3-7-8(9-4-5)6(2)11-10-7/h3-4H,1-2H3. The molecule has 0 aliphatic carbocycles. The smallest absolute Gasteiger partial charge is 0.104 e. The van der Waals surface area contributed by atoms with Crippen LogP contribution in [0.15, 0.2) is 12.3 Å². The van der Waals surface area contributed by atoms with Gasteiger partial charge < -0.3 is 0 Å². The van der Waals surface area contributed by atoms with Crippen molar-refractivity contribution in [2.24, 2.45) is 0 Å². The van der Waals surface area contributed by atoms with Crippen molar-refractivity contribution in [3.8, 4) is 0 Å². The Morgan fingerprint density at radius 1 is 1.36 bits per heavy atom. The molecule has 0 saturated heterocycles. The van der Waals surface area contributed by atoms with Gasteiger partial charge in [0.25, 0.3) is 0 Å². The van der Waals surface area contributed by atoms with E-state index in [-0.39, 0.29) is 0 Å². The molecular formula is C8H8N2S. The van der Waals surface area contributed by atoms with E-state index in [2.05, 4.69) is 15.4 Å². The van der Waals surface area contributed by atoms with Crippen LogP contribution in [0.3, 0.4) is 0 Å². The van der Waals surface area contributed by atoms with Crippen LogP contribution in [0.5, 0.6) is 0 Å². The predicted octanol–water partition coefficient (Wildman–Crippen LogP) is 2.31. The van der Waals surface area contributed by atoms with Crippen LogP contribution in [-0.2, 0) is 0 Å². The molecule has 0 bridgehead atoms. The van der Waals surface area contributed by atoms with Gasteiger partial charge in [-0.25, -0.2) is 0 Å². The second kappa shape index (κ2) is 2.27. The first-order chi connectivity index (χ1) is 5.27. The van der Waals surface area contributed by atoms with E-state index in [1.807, 2.05) is 20.0 Å². The molecule has 2 heterocycles. The Labute approximate surface area is 69.1 Å². The van der Waals surface area contributed by atoms with Crippen molar-refractivity contribution in [2.75, 3.05) is 0 Å². The molecule has 56 valence electrons. The maximum Gasteiger partial charge on any atom is 0.104 e. The molecule has 0 N–H and O–H groups in total. The molecule has 0 saturated carbocycles. The highest BCUT2D eigenvalue weighted by atomic mass is 32.1. The van der Waals surface area contributed by atoms with E-state index in [4.69, 9.17) is 0 Å². The lowest BCUT2D eigenvalue weighted by Gasteiger charge is -1.90. The van der Waals surface area contributed by atoms with Crippen LogP contribution in [0, 0.1) is 13.8 Å². The molecule has 0 fully saturated rings. The Morgan fingerprint density at radius 2 is 2.18 bits per heavy atom. The van der Waals surface area contributed by atoms with Gasteiger partial charge in [0.05, 0.1) is 0 Å². The maximum atomic E-state index is 4.29. The van der Waals surface area contributed by atoms with E-state index in [0.717, 1.165) is 11.0 Å². The Morgan fingerprint density at radius 3 is 3.00 bits per heavy atom. The van der Waals surface area contributed by atoms with E-state index >= 15 is 0 Å². The molecule has 2 aromatic rings. The number of hydrogen-bond donors (Lipinski definition) is 0. The van der Waals surface area contributed by atoms with Gasteiger partial charge in [-0.3, -0.25) is 4.98 Å². The SMILES string of the molecule is Cc1cnc2c(C)snc2c1. The number of fused-ring (bicyclic) bond motifs is 1. The monoisotopic (exact) mass is 164 g/mol. The van der Waals surface area contributed by atoms with Gasteiger partial charge in [0.15, 0.2) is 0 Å². The Kier molecular flexibility index (Phi) is 1.39. The molecule has 0 radical (unpaired) electrons. The molecular weight excluding hydrogens is 156 g/mol. The summed E-state index contributed by atoms with van der Waals surface area (Å²) in [6.45, 7) is 4.07. The van der Waals surface area contributed by atoms with Crippen molar-refractivity contribution in [1.29, 1.82) is 0 Å². The third-order valence-electron chi connectivity index (χ3n) is 1.62. The van der Waals surface area contributed by atoms with Gasteiger partial charge in [-0.15, -0.1) is 0 Å². The van der Waals surface area contributed by atoms with Gasteiger partial charge in [0.2, 0.25) is 0 Å². The minimum atomic E-state index is 1.02. The molecule has 0 unspecified atom stereocenters. The molecule has 0 amide bonds. The van der Waals surface area contributed by atoms with Crippen molar-refractivity contribution >= 4 is 22.6 Å². The topological polar surface area (TPSA) is 25.8 Å². The molecule has 0 aliphatic heterocycles. The summed E-state index contributed by atoms with van der Waals surface area (Å²) in [5.74, 6) is 0. The van der Waals surface area contributed by atoms with Crippen molar-refractivity contribution < 1.29 is 0 Å². The summed E-state index contributed by atoms with van der Waals surface area (Å²) in [6, 6.07) is 2.06. The Balaban J connectivity index is 2.86. The first-order valence-corrected chi connectivity index (χ1v) is 4.23. The van der Waals surface area contributed by atoms with Gasteiger partial charge in [-0.05, 0) is 37.0 Å². The minimum Gasteiger partial charge on any atom is -0.253 e. The van der Waals surface area contributed by atoms with Crippen LogP contribution >= 0.6 is 11.5 Å². The molecule has 2 rings (SSSR count). The Bertz CT molecular complexity index is 392. The van der Waals surface area contributed by atoms with E-state index in [1.54, 1.807) is 0 Å². The van der Waals surface area contributed by atoms with Gasteiger partial charge in [0, 0.05) is 11.1 Å². The summed E-state index contributed by atoms with van der Waals surface area (Å²) in [7, 11) is 0. The van der Waals surface area contributed by atoms with Gasteiger partial charge in [0.1, 0.15) is 11.0 Å². The summed E-state index contributed by atoms with van der Waals surface area (Å²) in [4.78, 5) is 5.48. The number of hydrogen-bond acceptors (Lipinski definition) is 3. The van der Waals surface area contributed by atoms with Crippen LogP contribution in [0.25, 0.3) is 11.0 Å². The lowest BCUT2D eigenvalue weighted by atomic mass is 10.3. The number of aromatic nitrogens is 2. The van der Waals surface area contributed by atoms with Crippen LogP contribution < -0.4 is 0 Å². The molecule has 0 aliphatic rings.